The largest absolute Gasteiger partial charge is 0.481 e. The Morgan fingerprint density at radius 2 is 1.16 bits per heavy atom. The van der Waals surface area contributed by atoms with Crippen molar-refractivity contribution in [2.24, 2.45) is 0 Å². The third-order valence-corrected chi connectivity index (χ3v) is 6.17. The van der Waals surface area contributed by atoms with Crippen molar-refractivity contribution in [3.05, 3.63) is 24.3 Å². The lowest BCUT2D eigenvalue weighted by atomic mass is 10.0. The van der Waals surface area contributed by atoms with Crippen LogP contribution in [-0.2, 0) is 4.79 Å². The topological polar surface area (TPSA) is 57.5 Å². The van der Waals surface area contributed by atoms with Crippen LogP contribution in [-0.4, -0.2) is 22.3 Å². The summed E-state index contributed by atoms with van der Waals surface area (Å²) in [6, 6.07) is 0. The smallest absolute Gasteiger partial charge is 0.303 e. The summed E-state index contributed by atoms with van der Waals surface area (Å²) in [5.74, 6) is -0.671. The third-order valence-electron chi connectivity index (χ3n) is 6.17. The van der Waals surface area contributed by atoms with Gasteiger partial charge in [0.25, 0.3) is 0 Å². The summed E-state index contributed by atoms with van der Waals surface area (Å²) >= 11 is 0. The summed E-state index contributed by atoms with van der Waals surface area (Å²) in [5.41, 5.74) is 0. The van der Waals surface area contributed by atoms with Crippen molar-refractivity contribution in [1.82, 2.24) is 0 Å². The van der Waals surface area contributed by atoms with Gasteiger partial charge >= 0.3 is 5.97 Å². The Hall–Kier alpha value is -1.09. The molecule has 3 nitrogen and oxygen atoms in total. The fraction of sp³-hybridized carbons (Fsp3) is 0.828. The molecule has 32 heavy (non-hydrogen) atoms. The van der Waals surface area contributed by atoms with Gasteiger partial charge in [0.15, 0.2) is 0 Å². The van der Waals surface area contributed by atoms with E-state index >= 15 is 0 Å². The molecule has 0 aromatic carbocycles. The van der Waals surface area contributed by atoms with Crippen LogP contribution in [0, 0.1) is 0 Å². The average molecular weight is 451 g/mol. The maximum atomic E-state index is 10.4. The molecule has 1 unspecified atom stereocenters. The molecule has 3 heteroatoms. The second kappa shape index (κ2) is 26.2. The minimum Gasteiger partial charge on any atom is -0.481 e. The molecule has 0 heterocycles. The number of aliphatic hydroxyl groups excluding tert-OH is 1. The van der Waals surface area contributed by atoms with Gasteiger partial charge in [-0.25, -0.2) is 0 Å². The summed E-state index contributed by atoms with van der Waals surface area (Å²) < 4.78 is 0. The predicted octanol–water partition coefficient (Wildman–Crippen LogP) is 9.15. The van der Waals surface area contributed by atoms with Gasteiger partial charge in [-0.15, -0.1) is 0 Å². The molecule has 188 valence electrons. The normalized spacial score (nSPS) is 12.8. The van der Waals surface area contributed by atoms with E-state index in [4.69, 9.17) is 5.11 Å². The summed E-state index contributed by atoms with van der Waals surface area (Å²) in [4.78, 5) is 10.4. The first-order valence-electron chi connectivity index (χ1n) is 13.9. The van der Waals surface area contributed by atoms with Crippen LogP contribution >= 0.6 is 0 Å². The maximum absolute atomic E-state index is 10.4. The van der Waals surface area contributed by atoms with E-state index in [2.05, 4.69) is 31.2 Å². The molecule has 0 amide bonds. The number of carbonyl (C=O) groups is 1. The fourth-order valence-electron chi connectivity index (χ4n) is 4.05. The number of aliphatic carboxylic acids is 1. The molecule has 0 saturated carbocycles. The van der Waals surface area contributed by atoms with Crippen LogP contribution < -0.4 is 0 Å². The summed E-state index contributed by atoms with van der Waals surface area (Å²) in [6.45, 7) is 2.26. The second-order valence-electron chi connectivity index (χ2n) is 9.45. The van der Waals surface area contributed by atoms with Gasteiger partial charge in [-0.05, 0) is 38.5 Å². The lowest BCUT2D eigenvalue weighted by Gasteiger charge is -2.07. The van der Waals surface area contributed by atoms with Gasteiger partial charge in [0.2, 0.25) is 0 Å². The van der Waals surface area contributed by atoms with Crippen molar-refractivity contribution >= 4 is 5.97 Å². The van der Waals surface area contributed by atoms with Crippen LogP contribution in [0.4, 0.5) is 0 Å². The van der Waals surface area contributed by atoms with E-state index in [1.54, 1.807) is 0 Å². The van der Waals surface area contributed by atoms with E-state index in [1.165, 1.54) is 96.3 Å². The number of unbranched alkanes of at least 4 members (excludes halogenated alkanes) is 16. The Bertz CT molecular complexity index is 442. The summed E-state index contributed by atoms with van der Waals surface area (Å²) in [5, 5.41) is 18.7. The van der Waals surface area contributed by atoms with E-state index < -0.39 is 5.97 Å². The third kappa shape index (κ3) is 26.9. The molecule has 0 aromatic heterocycles. The number of carboxylic acids is 1. The molecule has 0 aliphatic rings. The van der Waals surface area contributed by atoms with Gasteiger partial charge in [-0.3, -0.25) is 4.79 Å². The predicted molar refractivity (Wildman–Crippen MR) is 139 cm³/mol. The number of hydrogen-bond acceptors (Lipinski definition) is 2. The molecular weight excluding hydrogens is 396 g/mol. The molecule has 0 fully saturated rings. The summed E-state index contributed by atoms with van der Waals surface area (Å²) in [6.07, 6.45) is 34.3. The SMILES string of the molecule is CCCCCCCCC=CCC=CCC(O)CCCCCCCCCCCCCC(=O)O. The Morgan fingerprint density at radius 3 is 1.75 bits per heavy atom. The van der Waals surface area contributed by atoms with Gasteiger partial charge in [0, 0.05) is 6.42 Å². The average Bonchev–Trinajstić information content (AvgIpc) is 2.77. The monoisotopic (exact) mass is 450 g/mol. The highest BCUT2D eigenvalue weighted by Gasteiger charge is 2.01. The molecule has 0 bridgehead atoms. The maximum Gasteiger partial charge on any atom is 0.303 e. The Morgan fingerprint density at radius 1 is 0.656 bits per heavy atom. The minimum absolute atomic E-state index is 0.181. The molecule has 0 aliphatic heterocycles. The standard InChI is InChI=1S/C29H54O3/c1-2-3-4-5-6-7-8-10-13-16-19-22-25-28(30)26-23-20-17-14-11-9-12-15-18-21-24-27-29(31)32/h10,13,19,22,28,30H,2-9,11-12,14-18,20-21,23-27H2,1H3,(H,31,32). The zero-order chi connectivity index (χ0) is 23.5. The number of rotatable bonds is 25. The van der Waals surface area contributed by atoms with Crippen LogP contribution in [0.1, 0.15) is 148 Å². The van der Waals surface area contributed by atoms with Crippen molar-refractivity contribution in [1.29, 1.82) is 0 Å². The molecule has 2 N–H and O–H groups in total. The Balaban J connectivity index is 3.30. The molecule has 0 aromatic rings. The zero-order valence-electron chi connectivity index (χ0n) is 21.2. The molecule has 1 atom stereocenters. The molecule has 0 rings (SSSR count). The highest BCUT2D eigenvalue weighted by atomic mass is 16.4. The van der Waals surface area contributed by atoms with Crippen molar-refractivity contribution in [3.63, 3.8) is 0 Å². The van der Waals surface area contributed by atoms with E-state index in [0.29, 0.717) is 6.42 Å². The van der Waals surface area contributed by atoms with Gasteiger partial charge in [0.05, 0.1) is 6.10 Å². The second-order valence-corrected chi connectivity index (χ2v) is 9.45. The van der Waals surface area contributed by atoms with Gasteiger partial charge < -0.3 is 10.2 Å². The first-order valence-corrected chi connectivity index (χ1v) is 13.9. The van der Waals surface area contributed by atoms with Crippen molar-refractivity contribution in [3.8, 4) is 0 Å². The zero-order valence-corrected chi connectivity index (χ0v) is 21.2. The molecule has 0 saturated heterocycles. The van der Waals surface area contributed by atoms with Crippen LogP contribution in [0.2, 0.25) is 0 Å². The Labute approximate surface area is 199 Å². The molecular formula is C29H54O3. The lowest BCUT2D eigenvalue weighted by molar-refractivity contribution is -0.137. The fourth-order valence-corrected chi connectivity index (χ4v) is 4.05. The van der Waals surface area contributed by atoms with Gasteiger partial charge in [-0.2, -0.15) is 0 Å². The van der Waals surface area contributed by atoms with Gasteiger partial charge in [0.1, 0.15) is 0 Å². The van der Waals surface area contributed by atoms with Crippen LogP contribution in [0.3, 0.4) is 0 Å². The molecule has 0 aliphatic carbocycles. The van der Waals surface area contributed by atoms with Crippen molar-refractivity contribution < 1.29 is 15.0 Å². The minimum atomic E-state index is -0.671. The Kier molecular flexibility index (Phi) is 25.3. The number of aliphatic hydroxyl groups is 1. The van der Waals surface area contributed by atoms with Gasteiger partial charge in [-0.1, -0.05) is 128 Å². The molecule has 0 radical (unpaired) electrons. The van der Waals surface area contributed by atoms with Crippen LogP contribution in [0.15, 0.2) is 24.3 Å². The van der Waals surface area contributed by atoms with E-state index in [0.717, 1.165) is 38.5 Å². The highest BCUT2D eigenvalue weighted by Crippen LogP contribution is 2.14. The van der Waals surface area contributed by atoms with E-state index in [-0.39, 0.29) is 6.10 Å². The number of hydrogen-bond donors (Lipinski definition) is 2. The number of allylic oxidation sites excluding steroid dienone is 3. The van der Waals surface area contributed by atoms with E-state index in [1.807, 2.05) is 0 Å². The number of carboxylic acid groups (broad SMARTS) is 1. The van der Waals surface area contributed by atoms with Crippen molar-refractivity contribution in [2.75, 3.05) is 0 Å². The summed E-state index contributed by atoms with van der Waals surface area (Å²) in [7, 11) is 0. The van der Waals surface area contributed by atoms with E-state index in [9.17, 15) is 9.90 Å². The first-order chi connectivity index (χ1) is 15.7. The molecule has 0 spiro atoms. The van der Waals surface area contributed by atoms with Crippen LogP contribution in [0.25, 0.3) is 0 Å². The highest BCUT2D eigenvalue weighted by molar-refractivity contribution is 5.66. The van der Waals surface area contributed by atoms with Crippen LogP contribution in [0.5, 0.6) is 0 Å². The lowest BCUT2D eigenvalue weighted by Crippen LogP contribution is -2.04. The quantitative estimate of drug-likeness (QED) is 0.108. The first kappa shape index (κ1) is 30.9. The van der Waals surface area contributed by atoms with Crippen molar-refractivity contribution in [2.45, 2.75) is 154 Å².